The standard InChI is InChI=1S/C26H24N2O10/c1-34-22(29)14-19(25(32)36-3)28(24(31)17-10-6-5-7-11-17)27-16-18-12-8-9-13-20(18)38-21(26(33)37-4)15-23(30)35-2/h5-16H,1-4H3/b19-14-,21-15+,27-16+. The first kappa shape index (κ1) is 29.0. The molecular weight excluding hydrogens is 500 g/mol. The van der Waals surface area contributed by atoms with Crippen molar-refractivity contribution in [1.82, 2.24) is 5.01 Å². The summed E-state index contributed by atoms with van der Waals surface area (Å²) in [5.41, 5.74) is -0.188. The minimum atomic E-state index is -1.05. The number of carbonyl (C=O) groups excluding carboxylic acids is 5. The molecule has 198 valence electrons. The van der Waals surface area contributed by atoms with Crippen LogP contribution in [0.15, 0.2) is 83.3 Å². The highest BCUT2D eigenvalue weighted by Gasteiger charge is 2.27. The number of rotatable bonds is 10. The number of nitrogens with zero attached hydrogens (tertiary/aromatic N) is 2. The minimum Gasteiger partial charge on any atom is -0.466 e. The maximum Gasteiger partial charge on any atom is 0.374 e. The lowest BCUT2D eigenvalue weighted by molar-refractivity contribution is -0.140. The molecule has 0 N–H and O–H groups in total. The van der Waals surface area contributed by atoms with Crippen molar-refractivity contribution < 1.29 is 47.7 Å². The normalized spacial score (nSPS) is 11.4. The molecule has 2 rings (SSSR count). The predicted octanol–water partition coefficient (Wildman–Crippen LogP) is 2.00. The Morgan fingerprint density at radius 1 is 0.711 bits per heavy atom. The van der Waals surface area contributed by atoms with Crippen molar-refractivity contribution in [2.45, 2.75) is 0 Å². The Hall–Kier alpha value is -5.26. The van der Waals surface area contributed by atoms with Gasteiger partial charge in [0.25, 0.3) is 5.91 Å². The van der Waals surface area contributed by atoms with E-state index in [9.17, 15) is 24.0 Å². The van der Waals surface area contributed by atoms with Crippen LogP contribution >= 0.6 is 0 Å². The van der Waals surface area contributed by atoms with Gasteiger partial charge in [0.1, 0.15) is 5.75 Å². The molecule has 0 aliphatic rings. The number of para-hydroxylation sites is 1. The van der Waals surface area contributed by atoms with Crippen LogP contribution in [0, 0.1) is 0 Å². The Labute approximate surface area is 217 Å². The second kappa shape index (κ2) is 14.3. The van der Waals surface area contributed by atoms with Crippen LogP contribution in [0.5, 0.6) is 5.75 Å². The third-order valence-electron chi connectivity index (χ3n) is 4.58. The molecule has 2 aromatic carbocycles. The van der Waals surface area contributed by atoms with Crippen LogP contribution in [-0.4, -0.2) is 69.4 Å². The second-order valence-electron chi connectivity index (χ2n) is 6.94. The molecule has 0 heterocycles. The average molecular weight is 524 g/mol. The zero-order chi connectivity index (χ0) is 28.1. The molecule has 0 bridgehead atoms. The van der Waals surface area contributed by atoms with E-state index in [0.29, 0.717) is 5.01 Å². The zero-order valence-corrected chi connectivity index (χ0v) is 20.9. The fourth-order valence-electron chi connectivity index (χ4n) is 2.72. The average Bonchev–Trinajstić information content (AvgIpc) is 2.95. The van der Waals surface area contributed by atoms with Crippen LogP contribution in [-0.2, 0) is 38.1 Å². The number of methoxy groups -OCH3 is 4. The number of carbonyl (C=O) groups is 5. The predicted molar refractivity (Wildman–Crippen MR) is 132 cm³/mol. The van der Waals surface area contributed by atoms with Crippen LogP contribution in [0.25, 0.3) is 0 Å². The summed E-state index contributed by atoms with van der Waals surface area (Å²) in [7, 11) is 4.37. The first-order chi connectivity index (χ1) is 18.2. The van der Waals surface area contributed by atoms with E-state index in [2.05, 4.69) is 19.3 Å². The topological polar surface area (TPSA) is 147 Å². The van der Waals surface area contributed by atoms with Crippen molar-refractivity contribution in [3.05, 3.63) is 89.3 Å². The molecule has 12 heteroatoms. The maximum atomic E-state index is 13.3. The van der Waals surface area contributed by atoms with E-state index in [0.717, 1.165) is 46.8 Å². The van der Waals surface area contributed by atoms with Gasteiger partial charge in [-0.05, 0) is 24.3 Å². The van der Waals surface area contributed by atoms with Gasteiger partial charge in [0.05, 0.1) is 46.8 Å². The molecule has 0 spiro atoms. The van der Waals surface area contributed by atoms with Crippen molar-refractivity contribution in [2.75, 3.05) is 28.4 Å². The van der Waals surface area contributed by atoms with Crippen molar-refractivity contribution in [3.63, 3.8) is 0 Å². The Bertz CT molecular complexity index is 1280. The number of benzene rings is 2. The number of hydrogen-bond donors (Lipinski definition) is 0. The van der Waals surface area contributed by atoms with Crippen molar-refractivity contribution in [1.29, 1.82) is 0 Å². The number of esters is 4. The first-order valence-corrected chi connectivity index (χ1v) is 10.7. The molecule has 0 aliphatic carbocycles. The molecule has 38 heavy (non-hydrogen) atoms. The smallest absolute Gasteiger partial charge is 0.374 e. The highest BCUT2D eigenvalue weighted by molar-refractivity contribution is 6.04. The monoisotopic (exact) mass is 524 g/mol. The fraction of sp³-hybridized carbons (Fsp3) is 0.154. The Balaban J connectivity index is 2.60. The third-order valence-corrected chi connectivity index (χ3v) is 4.58. The van der Waals surface area contributed by atoms with Gasteiger partial charge in [0, 0.05) is 11.1 Å². The summed E-state index contributed by atoms with van der Waals surface area (Å²) in [4.78, 5) is 61.6. The summed E-state index contributed by atoms with van der Waals surface area (Å²) < 4.78 is 24.1. The molecule has 2 aromatic rings. The summed E-state index contributed by atoms with van der Waals surface area (Å²) >= 11 is 0. The van der Waals surface area contributed by atoms with Gasteiger partial charge in [0.15, 0.2) is 5.70 Å². The maximum absolute atomic E-state index is 13.3. The lowest BCUT2D eigenvalue weighted by Crippen LogP contribution is -2.31. The van der Waals surface area contributed by atoms with Gasteiger partial charge in [-0.2, -0.15) is 10.1 Å². The molecule has 0 saturated heterocycles. The quantitative estimate of drug-likeness (QED) is 0.113. The van der Waals surface area contributed by atoms with Gasteiger partial charge in [-0.15, -0.1) is 0 Å². The van der Waals surface area contributed by atoms with Gasteiger partial charge < -0.3 is 23.7 Å². The van der Waals surface area contributed by atoms with Gasteiger partial charge in [-0.25, -0.2) is 19.2 Å². The van der Waals surface area contributed by atoms with Crippen LogP contribution in [0.1, 0.15) is 15.9 Å². The van der Waals surface area contributed by atoms with Gasteiger partial charge >= 0.3 is 23.9 Å². The number of amides is 1. The summed E-state index contributed by atoms with van der Waals surface area (Å²) in [6.45, 7) is 0. The van der Waals surface area contributed by atoms with Crippen molar-refractivity contribution in [2.24, 2.45) is 5.10 Å². The summed E-state index contributed by atoms with van der Waals surface area (Å²) in [6, 6.07) is 14.0. The summed E-state index contributed by atoms with van der Waals surface area (Å²) in [6.07, 6.45) is 2.68. The number of ether oxygens (including phenoxy) is 5. The molecule has 0 fully saturated rings. The molecule has 0 aromatic heterocycles. The van der Waals surface area contributed by atoms with Gasteiger partial charge in [-0.3, -0.25) is 4.79 Å². The Morgan fingerprint density at radius 2 is 1.29 bits per heavy atom. The van der Waals surface area contributed by atoms with E-state index >= 15 is 0 Å². The minimum absolute atomic E-state index is 0.0282. The third kappa shape index (κ3) is 7.88. The molecule has 0 atom stereocenters. The van der Waals surface area contributed by atoms with E-state index in [-0.39, 0.29) is 16.9 Å². The highest BCUT2D eigenvalue weighted by Crippen LogP contribution is 2.21. The Kier molecular flexibility index (Phi) is 10.9. The van der Waals surface area contributed by atoms with E-state index < -0.39 is 41.2 Å². The molecule has 1 amide bonds. The molecular formula is C26H24N2O10. The summed E-state index contributed by atoms with van der Waals surface area (Å²) in [5, 5.41) is 4.76. The van der Waals surface area contributed by atoms with Crippen molar-refractivity contribution in [3.8, 4) is 5.75 Å². The molecule has 0 unspecified atom stereocenters. The first-order valence-electron chi connectivity index (χ1n) is 10.7. The zero-order valence-electron chi connectivity index (χ0n) is 20.9. The highest BCUT2D eigenvalue weighted by atomic mass is 16.6. The molecule has 0 saturated carbocycles. The molecule has 0 radical (unpaired) electrons. The lowest BCUT2D eigenvalue weighted by Gasteiger charge is -2.19. The van der Waals surface area contributed by atoms with E-state index in [1.54, 1.807) is 30.3 Å². The Morgan fingerprint density at radius 3 is 1.89 bits per heavy atom. The lowest BCUT2D eigenvalue weighted by atomic mass is 10.2. The van der Waals surface area contributed by atoms with Crippen LogP contribution in [0.2, 0.25) is 0 Å². The summed E-state index contributed by atoms with van der Waals surface area (Å²) in [5.74, 6) is -5.05. The fourth-order valence-corrected chi connectivity index (χ4v) is 2.72. The number of hydrazone groups is 1. The van der Waals surface area contributed by atoms with E-state index in [1.807, 2.05) is 0 Å². The molecule has 12 nitrogen and oxygen atoms in total. The van der Waals surface area contributed by atoms with E-state index in [4.69, 9.17) is 9.47 Å². The van der Waals surface area contributed by atoms with Gasteiger partial charge in [-0.1, -0.05) is 30.3 Å². The number of hydrogen-bond acceptors (Lipinski definition) is 11. The largest absolute Gasteiger partial charge is 0.466 e. The molecule has 0 aliphatic heterocycles. The van der Waals surface area contributed by atoms with Crippen molar-refractivity contribution >= 4 is 36.0 Å². The van der Waals surface area contributed by atoms with Crippen LogP contribution < -0.4 is 4.74 Å². The second-order valence-corrected chi connectivity index (χ2v) is 6.94. The SMILES string of the molecule is COC(=O)/C=C(/C(=O)OC)N(/N=C/c1ccccc1O/C(=C/C(=O)OC)C(=O)OC)C(=O)c1ccccc1. The van der Waals surface area contributed by atoms with Crippen LogP contribution in [0.3, 0.4) is 0 Å². The van der Waals surface area contributed by atoms with E-state index in [1.165, 1.54) is 24.3 Å². The van der Waals surface area contributed by atoms with Gasteiger partial charge in [0.2, 0.25) is 5.76 Å². The van der Waals surface area contributed by atoms with Crippen LogP contribution in [0.4, 0.5) is 0 Å².